The topological polar surface area (TPSA) is 27.6 Å². The molecule has 0 atom stereocenters. The van der Waals surface area contributed by atoms with Crippen molar-refractivity contribution in [3.63, 3.8) is 0 Å². The molecule has 0 radical (unpaired) electrons. The van der Waals surface area contributed by atoms with Crippen LogP contribution in [0.4, 0.5) is 22.7 Å². The Kier molecular flexibility index (Phi) is 8.89. The van der Waals surface area contributed by atoms with E-state index in [4.69, 9.17) is 5.10 Å². The van der Waals surface area contributed by atoms with Crippen molar-refractivity contribution in [2.75, 3.05) is 10.3 Å². The number of fused-ring (bicyclic) bond motifs is 3. The molecule has 0 aromatic heterocycles. The van der Waals surface area contributed by atoms with Gasteiger partial charge in [-0.15, -0.1) is 0 Å². The highest BCUT2D eigenvalue weighted by Gasteiger charge is 2.35. The van der Waals surface area contributed by atoms with Gasteiger partial charge in [-0.2, -0.15) is 5.10 Å². The summed E-state index contributed by atoms with van der Waals surface area (Å²) >= 11 is 0. The van der Waals surface area contributed by atoms with Crippen LogP contribution < -0.4 is 10.3 Å². The number of hydrogen-bond donors (Lipinski definition) is 1. The number of hydrogen-bond acceptors (Lipinski definition) is 3. The van der Waals surface area contributed by atoms with Gasteiger partial charge in [-0.05, 0) is 93.0 Å². The van der Waals surface area contributed by atoms with Crippen LogP contribution in [-0.4, -0.2) is 5.71 Å². The lowest BCUT2D eigenvalue weighted by molar-refractivity contribution is 0.660. The summed E-state index contributed by atoms with van der Waals surface area (Å²) in [5, 5.41) is 4.85. The zero-order valence-electron chi connectivity index (χ0n) is 31.0. The number of nitrogens with zero attached hydrogens (tertiary/aromatic N) is 2. The van der Waals surface area contributed by atoms with E-state index < -0.39 is 0 Å². The third-order valence-electron chi connectivity index (χ3n) is 10.8. The van der Waals surface area contributed by atoms with E-state index in [-0.39, 0.29) is 5.41 Å². The highest BCUT2D eigenvalue weighted by atomic mass is 15.3. The molecule has 0 aliphatic heterocycles. The smallest absolute Gasteiger partial charge is 0.0977 e. The first-order chi connectivity index (χ1) is 27.0. The first-order valence-electron chi connectivity index (χ1n) is 18.9. The largest absolute Gasteiger partial charge is 0.310 e. The van der Waals surface area contributed by atoms with Crippen LogP contribution in [-0.2, 0) is 5.41 Å². The minimum atomic E-state index is -0.0916. The van der Waals surface area contributed by atoms with Crippen molar-refractivity contribution in [2.24, 2.45) is 5.10 Å². The minimum absolute atomic E-state index is 0.0916. The van der Waals surface area contributed by atoms with Crippen LogP contribution >= 0.6 is 0 Å². The Bertz CT molecular complexity index is 2550. The van der Waals surface area contributed by atoms with E-state index in [0.29, 0.717) is 0 Å². The molecule has 8 aromatic rings. The Morgan fingerprint density at radius 2 is 0.855 bits per heavy atom. The first-order valence-corrected chi connectivity index (χ1v) is 18.9. The third kappa shape index (κ3) is 6.62. The molecule has 0 fully saturated rings. The monoisotopic (exact) mass is 707 g/mol. The van der Waals surface area contributed by atoms with E-state index in [2.05, 4.69) is 194 Å². The summed E-state index contributed by atoms with van der Waals surface area (Å²) in [5.41, 5.74) is 20.6. The summed E-state index contributed by atoms with van der Waals surface area (Å²) in [6.45, 7) is 4.68. The highest BCUT2D eigenvalue weighted by molar-refractivity contribution is 6.13. The molecule has 0 heterocycles. The molecule has 1 N–H and O–H groups in total. The van der Waals surface area contributed by atoms with Gasteiger partial charge in [0.25, 0.3) is 0 Å². The number of anilines is 4. The molecule has 8 aromatic carbocycles. The van der Waals surface area contributed by atoms with Crippen LogP contribution in [0.1, 0.15) is 36.1 Å². The number of nitrogens with one attached hydrogen (secondary N) is 1. The van der Waals surface area contributed by atoms with Gasteiger partial charge in [0, 0.05) is 33.6 Å². The van der Waals surface area contributed by atoms with Crippen molar-refractivity contribution in [2.45, 2.75) is 19.3 Å². The van der Waals surface area contributed by atoms with Crippen LogP contribution in [0.5, 0.6) is 0 Å². The van der Waals surface area contributed by atoms with E-state index in [1.165, 1.54) is 33.4 Å². The summed E-state index contributed by atoms with van der Waals surface area (Å²) in [6, 6.07) is 73.2. The van der Waals surface area contributed by atoms with Gasteiger partial charge in [-0.1, -0.05) is 172 Å². The van der Waals surface area contributed by atoms with Gasteiger partial charge >= 0.3 is 0 Å². The molecule has 0 saturated carbocycles. The molecule has 3 heteroatoms. The quantitative estimate of drug-likeness (QED) is 0.119. The predicted molar refractivity (Wildman–Crippen MR) is 232 cm³/mol. The highest BCUT2D eigenvalue weighted by Crippen LogP contribution is 2.50. The average molecular weight is 708 g/mol. The molecule has 55 heavy (non-hydrogen) atoms. The summed E-state index contributed by atoms with van der Waals surface area (Å²) in [5.74, 6) is 0. The molecule has 9 rings (SSSR count). The molecule has 0 unspecified atom stereocenters. The van der Waals surface area contributed by atoms with E-state index in [0.717, 1.165) is 50.7 Å². The maximum Gasteiger partial charge on any atom is 0.0977 e. The second-order valence-electron chi connectivity index (χ2n) is 14.6. The predicted octanol–water partition coefficient (Wildman–Crippen LogP) is 13.7. The fraction of sp³-hybridized carbons (Fsp3) is 0.0577. The van der Waals surface area contributed by atoms with Gasteiger partial charge in [-0.3, -0.25) is 5.43 Å². The number of hydrazone groups is 1. The van der Waals surface area contributed by atoms with E-state index >= 15 is 0 Å². The first kappa shape index (κ1) is 33.8. The molecule has 0 amide bonds. The maximum atomic E-state index is 4.85. The Morgan fingerprint density at radius 3 is 1.42 bits per heavy atom. The Balaban J connectivity index is 1.02. The van der Waals surface area contributed by atoms with Gasteiger partial charge < -0.3 is 4.90 Å². The van der Waals surface area contributed by atoms with Gasteiger partial charge in [0.15, 0.2) is 0 Å². The zero-order valence-corrected chi connectivity index (χ0v) is 31.0. The molecule has 0 saturated heterocycles. The second kappa shape index (κ2) is 14.5. The molecular weight excluding hydrogens is 667 g/mol. The molecular formula is C52H41N3. The Hall–Kier alpha value is -6.97. The lowest BCUT2D eigenvalue weighted by Crippen LogP contribution is -2.16. The minimum Gasteiger partial charge on any atom is -0.310 e. The van der Waals surface area contributed by atoms with Crippen LogP contribution in [0.15, 0.2) is 211 Å². The number of benzene rings is 8. The Labute approximate surface area is 323 Å². The average Bonchev–Trinajstić information content (AvgIpc) is 3.48. The van der Waals surface area contributed by atoms with Crippen molar-refractivity contribution in [3.05, 3.63) is 229 Å². The third-order valence-corrected chi connectivity index (χ3v) is 10.8. The van der Waals surface area contributed by atoms with E-state index in [1.54, 1.807) is 0 Å². The molecule has 0 spiro atoms. The molecule has 3 nitrogen and oxygen atoms in total. The van der Waals surface area contributed by atoms with Gasteiger partial charge in [-0.25, -0.2) is 0 Å². The lowest BCUT2D eigenvalue weighted by atomic mass is 9.82. The molecule has 264 valence electrons. The summed E-state index contributed by atoms with van der Waals surface area (Å²) in [6.07, 6.45) is 0. The molecule has 1 aliphatic rings. The fourth-order valence-corrected chi connectivity index (χ4v) is 7.86. The zero-order chi connectivity index (χ0) is 37.2. The molecule has 0 bridgehead atoms. The van der Waals surface area contributed by atoms with E-state index in [1.807, 2.05) is 36.4 Å². The van der Waals surface area contributed by atoms with Crippen molar-refractivity contribution in [3.8, 4) is 33.4 Å². The Morgan fingerprint density at radius 1 is 0.418 bits per heavy atom. The van der Waals surface area contributed by atoms with Gasteiger partial charge in [0.05, 0.1) is 11.4 Å². The van der Waals surface area contributed by atoms with Crippen LogP contribution in [0.2, 0.25) is 0 Å². The van der Waals surface area contributed by atoms with Crippen molar-refractivity contribution < 1.29 is 0 Å². The standard InChI is InChI=1S/C52H41N3/c1-52(2)49-21-13-12-20-47(49)48-35-34-46(36-50(48)52)55(44-30-24-39(25-31-44)37-14-6-3-7-15-37)45-32-26-40(27-33-45)38-22-28-43(29-23-38)53-54-51(41-16-8-4-9-17-41)42-18-10-5-11-19-42/h3-36,53H,1-2H3. The van der Waals surface area contributed by atoms with Gasteiger partial charge in [0.2, 0.25) is 0 Å². The van der Waals surface area contributed by atoms with Crippen molar-refractivity contribution in [1.82, 2.24) is 0 Å². The summed E-state index contributed by atoms with van der Waals surface area (Å²) in [4.78, 5) is 2.37. The van der Waals surface area contributed by atoms with Crippen molar-refractivity contribution >= 4 is 28.5 Å². The van der Waals surface area contributed by atoms with E-state index in [9.17, 15) is 0 Å². The number of rotatable bonds is 9. The summed E-state index contributed by atoms with van der Waals surface area (Å²) in [7, 11) is 0. The van der Waals surface area contributed by atoms with Gasteiger partial charge in [0.1, 0.15) is 0 Å². The molecule has 1 aliphatic carbocycles. The maximum absolute atomic E-state index is 4.85. The van der Waals surface area contributed by atoms with Crippen LogP contribution in [0.3, 0.4) is 0 Å². The fourth-order valence-electron chi connectivity index (χ4n) is 7.86. The summed E-state index contributed by atoms with van der Waals surface area (Å²) < 4.78 is 0. The second-order valence-corrected chi connectivity index (χ2v) is 14.6. The van der Waals surface area contributed by atoms with Crippen molar-refractivity contribution in [1.29, 1.82) is 0 Å². The normalized spacial score (nSPS) is 12.3. The van der Waals surface area contributed by atoms with Crippen LogP contribution in [0.25, 0.3) is 33.4 Å². The SMILES string of the molecule is CC1(C)c2ccccc2-c2ccc(N(c3ccc(-c4ccccc4)cc3)c3ccc(-c4ccc(NN=C(c5ccccc5)c5ccccc5)cc4)cc3)cc21. The lowest BCUT2D eigenvalue weighted by Gasteiger charge is -2.28. The van der Waals surface area contributed by atoms with Crippen LogP contribution in [0, 0.1) is 0 Å².